The summed E-state index contributed by atoms with van der Waals surface area (Å²) in [5, 5.41) is 4.88. The topological polar surface area (TPSA) is 90.1 Å². The van der Waals surface area contributed by atoms with Crippen molar-refractivity contribution in [3.63, 3.8) is 0 Å². The summed E-state index contributed by atoms with van der Waals surface area (Å²) < 4.78 is 12.5. The third-order valence-electron chi connectivity index (χ3n) is 4.25. The number of ether oxygens (including phenoxy) is 1. The number of rotatable bonds is 6. The molecule has 0 saturated carbocycles. The van der Waals surface area contributed by atoms with Crippen molar-refractivity contribution in [2.45, 2.75) is 19.6 Å². The average Bonchev–Trinajstić information content (AvgIpc) is 3.42. The van der Waals surface area contributed by atoms with Gasteiger partial charge in [-0.25, -0.2) is 4.79 Å². The molecule has 0 fully saturated rings. The van der Waals surface area contributed by atoms with Gasteiger partial charge in [-0.3, -0.25) is 9.48 Å². The van der Waals surface area contributed by atoms with Gasteiger partial charge in [0.25, 0.3) is 0 Å². The fourth-order valence-corrected chi connectivity index (χ4v) is 2.89. The van der Waals surface area contributed by atoms with Crippen molar-refractivity contribution in [3.8, 4) is 0 Å². The minimum absolute atomic E-state index is 0.0516. The highest BCUT2D eigenvalue weighted by Gasteiger charge is 2.24. The van der Waals surface area contributed by atoms with Crippen molar-refractivity contribution < 1.29 is 18.7 Å². The fraction of sp³-hybridized carbons (Fsp3) is 0.150. The summed E-state index contributed by atoms with van der Waals surface area (Å²) >= 11 is 0. The number of esters is 1. The molecule has 27 heavy (non-hydrogen) atoms. The molecule has 1 N–H and O–H groups in total. The highest BCUT2D eigenvalue weighted by Crippen LogP contribution is 2.20. The first kappa shape index (κ1) is 16.8. The Balaban J connectivity index is 1.44. The summed E-state index contributed by atoms with van der Waals surface area (Å²) in [5.41, 5.74) is 1.35. The van der Waals surface area contributed by atoms with Crippen LogP contribution in [-0.2, 0) is 11.3 Å². The van der Waals surface area contributed by atoms with Crippen LogP contribution in [0, 0.1) is 0 Å². The summed E-state index contributed by atoms with van der Waals surface area (Å²) in [6.07, 6.45) is 4.15. The second-order valence-corrected chi connectivity index (χ2v) is 6.13. The first-order valence-corrected chi connectivity index (χ1v) is 8.49. The Labute approximate surface area is 154 Å². The maximum atomic E-state index is 12.7. The molecule has 4 aromatic rings. The van der Waals surface area contributed by atoms with E-state index in [4.69, 9.17) is 9.15 Å². The van der Waals surface area contributed by atoms with Crippen LogP contribution in [0.1, 0.15) is 33.6 Å². The fourth-order valence-electron chi connectivity index (χ4n) is 2.89. The van der Waals surface area contributed by atoms with Crippen LogP contribution in [0.5, 0.6) is 0 Å². The number of ketones is 1. The Morgan fingerprint density at radius 3 is 2.89 bits per heavy atom. The number of hydrogen-bond donors (Lipinski definition) is 1. The lowest BCUT2D eigenvalue weighted by molar-refractivity contribution is 0.0288. The first-order valence-electron chi connectivity index (χ1n) is 8.49. The van der Waals surface area contributed by atoms with Gasteiger partial charge in [0, 0.05) is 35.1 Å². The van der Waals surface area contributed by atoms with Gasteiger partial charge >= 0.3 is 5.97 Å². The Morgan fingerprint density at radius 1 is 1.22 bits per heavy atom. The molecule has 0 saturated heterocycles. The SMILES string of the molecule is CC(OC(=O)c1ccc(Cn2cccn2)o1)C(=O)c1c[nH]c2ccccc12. The molecule has 7 nitrogen and oxygen atoms in total. The van der Waals surface area contributed by atoms with Crippen LogP contribution in [0.25, 0.3) is 10.9 Å². The van der Waals surface area contributed by atoms with Gasteiger partial charge in [-0.1, -0.05) is 18.2 Å². The molecule has 1 atom stereocenters. The Bertz CT molecular complexity index is 1090. The molecule has 0 amide bonds. The number of furan rings is 1. The summed E-state index contributed by atoms with van der Waals surface area (Å²) in [5.74, 6) is -0.330. The zero-order valence-electron chi connectivity index (χ0n) is 14.6. The summed E-state index contributed by atoms with van der Waals surface area (Å²) in [6, 6.07) is 12.5. The van der Waals surface area contributed by atoms with Gasteiger partial charge in [-0.05, 0) is 31.2 Å². The maximum absolute atomic E-state index is 12.7. The number of aromatic nitrogens is 3. The van der Waals surface area contributed by atoms with E-state index in [1.54, 1.807) is 42.3 Å². The number of Topliss-reactive ketones (excluding diaryl/α,β-unsaturated/α-hetero) is 1. The number of H-pyrrole nitrogens is 1. The smallest absolute Gasteiger partial charge is 0.374 e. The lowest BCUT2D eigenvalue weighted by Gasteiger charge is -2.10. The minimum atomic E-state index is -0.934. The number of aromatic amines is 1. The van der Waals surface area contributed by atoms with E-state index in [2.05, 4.69) is 10.1 Å². The van der Waals surface area contributed by atoms with Crippen LogP contribution in [0.2, 0.25) is 0 Å². The molecular formula is C20H17N3O4. The largest absolute Gasteiger partial charge is 0.452 e. The molecule has 0 radical (unpaired) electrons. The van der Waals surface area contributed by atoms with Crippen LogP contribution in [-0.4, -0.2) is 32.6 Å². The van der Waals surface area contributed by atoms with E-state index in [0.29, 0.717) is 17.9 Å². The van der Waals surface area contributed by atoms with Gasteiger partial charge in [0.1, 0.15) is 5.76 Å². The lowest BCUT2D eigenvalue weighted by atomic mass is 10.1. The van der Waals surface area contributed by atoms with Gasteiger partial charge in [0.15, 0.2) is 6.10 Å². The molecule has 4 rings (SSSR count). The Hall–Kier alpha value is -3.61. The predicted molar refractivity (Wildman–Crippen MR) is 97.5 cm³/mol. The van der Waals surface area contributed by atoms with Crippen molar-refractivity contribution >= 4 is 22.7 Å². The molecule has 0 bridgehead atoms. The highest BCUT2D eigenvalue weighted by atomic mass is 16.6. The molecule has 3 aromatic heterocycles. The Kier molecular flexibility index (Phi) is 4.33. The zero-order valence-corrected chi connectivity index (χ0v) is 14.6. The van der Waals surface area contributed by atoms with Crippen molar-refractivity contribution in [2.24, 2.45) is 0 Å². The van der Waals surface area contributed by atoms with Gasteiger partial charge in [0.05, 0.1) is 6.54 Å². The first-order chi connectivity index (χ1) is 13.1. The van der Waals surface area contributed by atoms with Crippen LogP contribution < -0.4 is 0 Å². The molecule has 1 aromatic carbocycles. The van der Waals surface area contributed by atoms with E-state index in [9.17, 15) is 9.59 Å². The monoisotopic (exact) mass is 363 g/mol. The second kappa shape index (κ2) is 6.95. The lowest BCUT2D eigenvalue weighted by Crippen LogP contribution is -2.24. The van der Waals surface area contributed by atoms with E-state index in [-0.39, 0.29) is 11.5 Å². The predicted octanol–water partition coefficient (Wildman–Crippen LogP) is 3.43. The molecular weight excluding hydrogens is 346 g/mol. The molecule has 0 aliphatic carbocycles. The maximum Gasteiger partial charge on any atom is 0.374 e. The van der Waals surface area contributed by atoms with E-state index in [1.165, 1.54) is 6.07 Å². The van der Waals surface area contributed by atoms with Gasteiger partial charge in [0.2, 0.25) is 11.5 Å². The van der Waals surface area contributed by atoms with Gasteiger partial charge in [-0.15, -0.1) is 0 Å². The van der Waals surface area contributed by atoms with E-state index in [0.717, 1.165) is 10.9 Å². The Morgan fingerprint density at radius 2 is 2.07 bits per heavy atom. The summed E-state index contributed by atoms with van der Waals surface area (Å²) in [7, 11) is 0. The highest BCUT2D eigenvalue weighted by molar-refractivity contribution is 6.10. The van der Waals surface area contributed by atoms with Crippen molar-refractivity contribution in [3.05, 3.63) is 78.1 Å². The average molecular weight is 363 g/mol. The number of hydrogen-bond acceptors (Lipinski definition) is 5. The van der Waals surface area contributed by atoms with Gasteiger partial charge in [-0.2, -0.15) is 5.10 Å². The molecule has 0 spiro atoms. The molecule has 136 valence electrons. The quantitative estimate of drug-likeness (QED) is 0.419. The van der Waals surface area contributed by atoms with Gasteiger partial charge < -0.3 is 14.1 Å². The standard InChI is InChI=1S/C20H17N3O4/c1-13(19(24)16-11-21-17-6-3-2-5-15(16)17)26-20(25)18-8-7-14(27-18)12-23-10-4-9-22-23/h2-11,13,21H,12H2,1H3. The summed E-state index contributed by atoms with van der Waals surface area (Å²) in [6.45, 7) is 1.96. The van der Waals surface area contributed by atoms with Crippen LogP contribution in [0.4, 0.5) is 0 Å². The number of nitrogens with zero attached hydrogens (tertiary/aromatic N) is 2. The number of nitrogens with one attached hydrogen (secondary N) is 1. The van der Waals surface area contributed by atoms with Crippen LogP contribution in [0.3, 0.4) is 0 Å². The van der Waals surface area contributed by atoms with E-state index < -0.39 is 12.1 Å². The van der Waals surface area contributed by atoms with Crippen molar-refractivity contribution in [1.82, 2.24) is 14.8 Å². The molecule has 1 unspecified atom stereocenters. The number of benzene rings is 1. The molecule has 3 heterocycles. The molecule has 7 heteroatoms. The normalized spacial score (nSPS) is 12.2. The molecule has 0 aliphatic heterocycles. The van der Waals surface area contributed by atoms with E-state index >= 15 is 0 Å². The minimum Gasteiger partial charge on any atom is -0.452 e. The number of para-hydroxylation sites is 1. The van der Waals surface area contributed by atoms with Crippen molar-refractivity contribution in [2.75, 3.05) is 0 Å². The second-order valence-electron chi connectivity index (χ2n) is 6.13. The zero-order chi connectivity index (χ0) is 18.8. The third kappa shape index (κ3) is 3.39. The van der Waals surface area contributed by atoms with E-state index in [1.807, 2.05) is 24.3 Å². The number of fused-ring (bicyclic) bond motifs is 1. The van der Waals surface area contributed by atoms with Crippen LogP contribution >= 0.6 is 0 Å². The van der Waals surface area contributed by atoms with Crippen molar-refractivity contribution in [1.29, 1.82) is 0 Å². The van der Waals surface area contributed by atoms with Crippen LogP contribution in [0.15, 0.2) is 65.5 Å². The summed E-state index contributed by atoms with van der Waals surface area (Å²) in [4.78, 5) is 28.0. The number of carbonyl (C=O) groups is 2. The third-order valence-corrected chi connectivity index (χ3v) is 4.25. The number of carbonyl (C=O) groups excluding carboxylic acids is 2. The molecule has 0 aliphatic rings.